The molecule has 1 aliphatic heterocycles. The molecule has 17 heavy (non-hydrogen) atoms. The van der Waals surface area contributed by atoms with Crippen LogP contribution in [-0.2, 0) is 6.54 Å². The summed E-state index contributed by atoms with van der Waals surface area (Å²) in [6.45, 7) is 0.645. The van der Waals surface area contributed by atoms with Crippen molar-refractivity contribution < 1.29 is 0 Å². The monoisotopic (exact) mass is 267 g/mol. The summed E-state index contributed by atoms with van der Waals surface area (Å²) >= 11 is 3.41. The molecule has 2 aromatic rings. The van der Waals surface area contributed by atoms with Gasteiger partial charge in [0.15, 0.2) is 0 Å². The van der Waals surface area contributed by atoms with Crippen molar-refractivity contribution in [2.45, 2.75) is 19.0 Å². The topological polar surface area (TPSA) is 57.8 Å². The first-order chi connectivity index (χ1) is 8.33. The Kier molecular flexibility index (Phi) is 3.17. The molecule has 2 N–H and O–H groups in total. The third kappa shape index (κ3) is 2.38. The lowest BCUT2D eigenvalue weighted by atomic mass is 10.2. The van der Waals surface area contributed by atoms with E-state index in [1.54, 1.807) is 0 Å². The Morgan fingerprint density at radius 2 is 2.53 bits per heavy atom. The lowest BCUT2D eigenvalue weighted by molar-refractivity contribution is 0.545. The van der Waals surface area contributed by atoms with Gasteiger partial charge in [-0.25, -0.2) is 4.98 Å². The highest BCUT2D eigenvalue weighted by Crippen LogP contribution is 2.17. The Bertz CT molecular complexity index is 571. The molecule has 6 heteroatoms. The fraction of sp³-hybridized carbons (Fsp3) is 0.455. The molecule has 0 saturated carbocycles. The summed E-state index contributed by atoms with van der Waals surface area (Å²) in [4.78, 5) is 19.0. The number of thioether (sulfide) groups is 1. The van der Waals surface area contributed by atoms with Crippen molar-refractivity contribution in [1.29, 1.82) is 0 Å². The molecule has 3 heterocycles. The minimum atomic E-state index is -0.0254. The lowest BCUT2D eigenvalue weighted by Crippen LogP contribution is -2.29. The minimum Gasteiger partial charge on any atom is -0.308 e. The van der Waals surface area contributed by atoms with Crippen LogP contribution in [0.4, 0.5) is 0 Å². The molecule has 0 aromatic carbocycles. The highest BCUT2D eigenvalue weighted by atomic mass is 32.2. The van der Waals surface area contributed by atoms with Crippen LogP contribution in [0, 0.1) is 0 Å². The maximum absolute atomic E-state index is 11.7. The Labute approximate surface area is 107 Å². The van der Waals surface area contributed by atoms with Gasteiger partial charge in [-0.1, -0.05) is 0 Å². The number of fused-ring (bicyclic) bond motifs is 1. The average Bonchev–Trinajstić information content (AvgIpc) is 2.97. The van der Waals surface area contributed by atoms with Crippen LogP contribution in [0.15, 0.2) is 16.2 Å². The molecule has 1 aliphatic rings. The van der Waals surface area contributed by atoms with Gasteiger partial charge in [0.25, 0.3) is 5.56 Å². The van der Waals surface area contributed by atoms with Crippen LogP contribution in [0.25, 0.3) is 10.2 Å². The van der Waals surface area contributed by atoms with Gasteiger partial charge in [0.2, 0.25) is 0 Å². The minimum absolute atomic E-state index is 0.0254. The second-order valence-electron chi connectivity index (χ2n) is 4.09. The highest BCUT2D eigenvalue weighted by molar-refractivity contribution is 7.99. The molecule has 0 aliphatic carbocycles. The standard InChI is InChI=1S/C11H13N3OS2/c15-11-10-8(2-4-17-10)13-9(14-11)5-12-7-1-3-16-6-7/h2,4,7,12H,1,3,5-6H2,(H,13,14,15). The predicted molar refractivity (Wildman–Crippen MR) is 72.8 cm³/mol. The van der Waals surface area contributed by atoms with Crippen molar-refractivity contribution in [2.75, 3.05) is 11.5 Å². The Morgan fingerprint density at radius 1 is 1.59 bits per heavy atom. The number of aromatic nitrogens is 2. The van der Waals surface area contributed by atoms with Gasteiger partial charge in [-0.3, -0.25) is 4.79 Å². The summed E-state index contributed by atoms with van der Waals surface area (Å²) in [5, 5.41) is 5.33. The first-order valence-electron chi connectivity index (χ1n) is 5.60. The summed E-state index contributed by atoms with van der Waals surface area (Å²) in [6, 6.07) is 2.45. The maximum atomic E-state index is 11.7. The third-order valence-corrected chi connectivity index (χ3v) is 4.92. The van der Waals surface area contributed by atoms with Gasteiger partial charge in [-0.2, -0.15) is 11.8 Å². The molecule has 1 fully saturated rings. The van der Waals surface area contributed by atoms with Crippen LogP contribution in [-0.4, -0.2) is 27.5 Å². The molecule has 1 atom stereocenters. The van der Waals surface area contributed by atoms with Crippen molar-refractivity contribution in [3.05, 3.63) is 27.6 Å². The van der Waals surface area contributed by atoms with Gasteiger partial charge in [0, 0.05) is 11.8 Å². The average molecular weight is 267 g/mol. The summed E-state index contributed by atoms with van der Waals surface area (Å²) in [5.74, 6) is 3.12. The number of aromatic amines is 1. The van der Waals surface area contributed by atoms with Crippen molar-refractivity contribution in [2.24, 2.45) is 0 Å². The zero-order chi connectivity index (χ0) is 11.7. The molecule has 0 amide bonds. The lowest BCUT2D eigenvalue weighted by Gasteiger charge is -2.10. The molecule has 3 rings (SSSR count). The first-order valence-corrected chi connectivity index (χ1v) is 7.64. The van der Waals surface area contributed by atoms with Crippen LogP contribution < -0.4 is 10.9 Å². The van der Waals surface area contributed by atoms with Crippen LogP contribution in [0.3, 0.4) is 0 Å². The third-order valence-electron chi connectivity index (χ3n) is 2.85. The molecular weight excluding hydrogens is 254 g/mol. The Morgan fingerprint density at radius 3 is 3.35 bits per heavy atom. The second-order valence-corrected chi connectivity index (χ2v) is 6.15. The molecule has 1 unspecified atom stereocenters. The van der Waals surface area contributed by atoms with E-state index in [9.17, 15) is 4.79 Å². The van der Waals surface area contributed by atoms with Gasteiger partial charge in [-0.05, 0) is 23.6 Å². The van der Waals surface area contributed by atoms with E-state index in [-0.39, 0.29) is 5.56 Å². The fourth-order valence-corrected chi connectivity index (χ4v) is 3.85. The van der Waals surface area contributed by atoms with E-state index >= 15 is 0 Å². The molecule has 90 valence electrons. The summed E-state index contributed by atoms with van der Waals surface area (Å²) in [7, 11) is 0. The predicted octanol–water partition coefficient (Wildman–Crippen LogP) is 1.58. The first kappa shape index (κ1) is 11.3. The van der Waals surface area contributed by atoms with Crippen LogP contribution >= 0.6 is 23.1 Å². The van der Waals surface area contributed by atoms with Crippen molar-refractivity contribution in [1.82, 2.24) is 15.3 Å². The van der Waals surface area contributed by atoms with Gasteiger partial charge in [-0.15, -0.1) is 11.3 Å². The molecule has 0 spiro atoms. The quantitative estimate of drug-likeness (QED) is 0.886. The zero-order valence-electron chi connectivity index (χ0n) is 9.23. The second kappa shape index (κ2) is 4.80. The van der Waals surface area contributed by atoms with Gasteiger partial charge in [0.1, 0.15) is 10.5 Å². The van der Waals surface area contributed by atoms with E-state index in [0.29, 0.717) is 17.3 Å². The van der Waals surface area contributed by atoms with Gasteiger partial charge >= 0.3 is 0 Å². The van der Waals surface area contributed by atoms with Crippen molar-refractivity contribution in [3.63, 3.8) is 0 Å². The fourth-order valence-electron chi connectivity index (χ4n) is 1.94. The largest absolute Gasteiger partial charge is 0.308 e. The molecule has 4 nitrogen and oxygen atoms in total. The summed E-state index contributed by atoms with van der Waals surface area (Å²) < 4.78 is 0.713. The number of nitrogens with zero attached hydrogens (tertiary/aromatic N) is 1. The van der Waals surface area contributed by atoms with Crippen LogP contribution in [0.2, 0.25) is 0 Å². The van der Waals surface area contributed by atoms with Crippen LogP contribution in [0.5, 0.6) is 0 Å². The normalized spacial score (nSPS) is 20.1. The molecular formula is C11H13N3OS2. The van der Waals surface area contributed by atoms with Gasteiger partial charge in [0.05, 0.1) is 12.1 Å². The van der Waals surface area contributed by atoms with E-state index in [2.05, 4.69) is 15.3 Å². The number of hydrogen-bond acceptors (Lipinski definition) is 5. The molecule has 1 saturated heterocycles. The maximum Gasteiger partial charge on any atom is 0.268 e. The number of thiophene rings is 1. The summed E-state index contributed by atoms with van der Waals surface area (Å²) in [6.07, 6.45) is 1.20. The van der Waals surface area contributed by atoms with E-state index in [0.717, 1.165) is 17.1 Å². The van der Waals surface area contributed by atoms with E-state index in [1.807, 2.05) is 23.2 Å². The van der Waals surface area contributed by atoms with E-state index < -0.39 is 0 Å². The van der Waals surface area contributed by atoms with Crippen LogP contribution in [0.1, 0.15) is 12.2 Å². The Hall–Kier alpha value is -0.850. The molecule has 0 bridgehead atoms. The Balaban J connectivity index is 1.78. The number of hydrogen-bond donors (Lipinski definition) is 2. The van der Waals surface area contributed by atoms with Crippen molar-refractivity contribution in [3.8, 4) is 0 Å². The van der Waals surface area contributed by atoms with E-state index in [4.69, 9.17) is 0 Å². The number of rotatable bonds is 3. The number of H-pyrrole nitrogens is 1. The summed E-state index contributed by atoms with van der Waals surface area (Å²) in [5.41, 5.74) is 0.777. The zero-order valence-corrected chi connectivity index (χ0v) is 10.9. The highest BCUT2D eigenvalue weighted by Gasteiger charge is 2.15. The molecule has 0 radical (unpaired) electrons. The van der Waals surface area contributed by atoms with E-state index in [1.165, 1.54) is 23.5 Å². The van der Waals surface area contributed by atoms with Gasteiger partial charge < -0.3 is 10.3 Å². The smallest absolute Gasteiger partial charge is 0.268 e. The molecule has 2 aromatic heterocycles. The van der Waals surface area contributed by atoms with Crippen molar-refractivity contribution >= 4 is 33.3 Å². The number of nitrogens with one attached hydrogen (secondary N) is 2. The SMILES string of the molecule is O=c1[nH]c(CNC2CCSC2)nc2ccsc12.